The maximum atomic E-state index is 10.5. The van der Waals surface area contributed by atoms with Crippen molar-refractivity contribution in [3.8, 4) is 0 Å². The van der Waals surface area contributed by atoms with E-state index in [2.05, 4.69) is 0 Å². The van der Waals surface area contributed by atoms with Gasteiger partial charge in [-0.1, -0.05) is 30.3 Å². The normalized spacial score (nSPS) is 24.6. The molecule has 0 radical (unpaired) electrons. The fourth-order valence-corrected chi connectivity index (χ4v) is 1.53. The summed E-state index contributed by atoms with van der Waals surface area (Å²) in [4.78, 5) is 10.5. The fourth-order valence-electron chi connectivity index (χ4n) is 1.53. The van der Waals surface area contributed by atoms with Crippen molar-refractivity contribution in [1.82, 2.24) is 0 Å². The van der Waals surface area contributed by atoms with Gasteiger partial charge in [0.15, 0.2) is 6.10 Å². The smallest absolute Gasteiger partial charge is 0.335 e. The lowest BCUT2D eigenvalue weighted by atomic mass is 10.1. The molecule has 0 amide bonds. The molecule has 1 aliphatic heterocycles. The summed E-state index contributed by atoms with van der Waals surface area (Å²) in [6.07, 6.45) is 1.04. The van der Waals surface area contributed by atoms with E-state index in [0.29, 0.717) is 0 Å². The largest absolute Gasteiger partial charge is 0.479 e. The molecule has 1 N–H and O–H groups in total. The maximum absolute atomic E-state index is 10.5. The van der Waals surface area contributed by atoms with E-state index in [1.165, 1.54) is 5.56 Å². The van der Waals surface area contributed by atoms with E-state index in [1.54, 1.807) is 0 Å². The van der Waals surface area contributed by atoms with E-state index in [0.717, 1.165) is 12.8 Å². The zero-order valence-electron chi connectivity index (χ0n) is 7.72. The fraction of sp³-hybridized carbons (Fsp3) is 0.364. The third-order valence-corrected chi connectivity index (χ3v) is 2.39. The van der Waals surface area contributed by atoms with Crippen LogP contribution in [-0.4, -0.2) is 23.3 Å². The van der Waals surface area contributed by atoms with Crippen molar-refractivity contribution in [3.63, 3.8) is 0 Å². The summed E-state index contributed by atoms with van der Waals surface area (Å²) in [6.45, 7) is 0. The van der Waals surface area contributed by atoms with Crippen LogP contribution >= 0.6 is 0 Å². The summed E-state index contributed by atoms with van der Waals surface area (Å²) < 4.78 is 5.00. The maximum Gasteiger partial charge on any atom is 0.335 e. The van der Waals surface area contributed by atoms with E-state index in [1.807, 2.05) is 30.3 Å². The Labute approximate surface area is 82.3 Å². The molecule has 3 heteroatoms. The molecular formula is C11H12O3. The summed E-state index contributed by atoms with van der Waals surface area (Å²) >= 11 is 0. The third-order valence-electron chi connectivity index (χ3n) is 2.39. The first-order valence-electron chi connectivity index (χ1n) is 4.69. The number of ether oxygens (including phenoxy) is 1. The molecule has 1 heterocycles. The van der Waals surface area contributed by atoms with Gasteiger partial charge in [0, 0.05) is 0 Å². The molecule has 74 valence electrons. The van der Waals surface area contributed by atoms with Gasteiger partial charge in [-0.05, 0) is 18.4 Å². The van der Waals surface area contributed by atoms with Gasteiger partial charge in [0.2, 0.25) is 0 Å². The third kappa shape index (κ3) is 2.12. The predicted octanol–water partition coefficient (Wildman–Crippen LogP) is 1.47. The second-order valence-corrected chi connectivity index (χ2v) is 3.46. The summed E-state index contributed by atoms with van der Waals surface area (Å²) in [5, 5.41) is 8.60. The van der Waals surface area contributed by atoms with Gasteiger partial charge in [0.25, 0.3) is 0 Å². The van der Waals surface area contributed by atoms with Crippen molar-refractivity contribution in [2.45, 2.75) is 25.0 Å². The highest BCUT2D eigenvalue weighted by Crippen LogP contribution is 2.26. The van der Waals surface area contributed by atoms with Crippen molar-refractivity contribution < 1.29 is 14.6 Å². The monoisotopic (exact) mass is 192 g/mol. The number of epoxide rings is 1. The second-order valence-electron chi connectivity index (χ2n) is 3.46. The lowest BCUT2D eigenvalue weighted by Crippen LogP contribution is -2.08. The Hall–Kier alpha value is -1.35. The van der Waals surface area contributed by atoms with Crippen LogP contribution in [0.4, 0.5) is 0 Å². The first-order chi connectivity index (χ1) is 6.77. The van der Waals surface area contributed by atoms with Gasteiger partial charge in [-0.2, -0.15) is 0 Å². The van der Waals surface area contributed by atoms with Crippen molar-refractivity contribution >= 4 is 5.97 Å². The molecule has 1 aliphatic rings. The minimum Gasteiger partial charge on any atom is -0.479 e. The van der Waals surface area contributed by atoms with E-state index in [4.69, 9.17) is 9.84 Å². The van der Waals surface area contributed by atoms with Crippen LogP contribution in [0, 0.1) is 0 Å². The SMILES string of the molecule is O=C(O)[C@H]1O[C@@H]1CCc1ccccc1. The van der Waals surface area contributed by atoms with E-state index >= 15 is 0 Å². The molecule has 0 saturated carbocycles. The molecule has 2 rings (SSSR count). The number of aryl methyl sites for hydroxylation is 1. The van der Waals surface area contributed by atoms with Gasteiger partial charge in [0.1, 0.15) is 0 Å². The van der Waals surface area contributed by atoms with Crippen molar-refractivity contribution in [2.75, 3.05) is 0 Å². The van der Waals surface area contributed by atoms with E-state index in [9.17, 15) is 4.79 Å². The number of hydrogen-bond acceptors (Lipinski definition) is 2. The summed E-state index contributed by atoms with van der Waals surface area (Å²) in [6, 6.07) is 10.0. The highest BCUT2D eigenvalue weighted by Gasteiger charge is 2.44. The summed E-state index contributed by atoms with van der Waals surface area (Å²) in [5.41, 5.74) is 1.23. The topological polar surface area (TPSA) is 49.8 Å². The number of hydrogen-bond donors (Lipinski definition) is 1. The number of carbonyl (C=O) groups is 1. The van der Waals surface area contributed by atoms with Crippen LogP contribution in [0.3, 0.4) is 0 Å². The predicted molar refractivity (Wildman–Crippen MR) is 51.1 cm³/mol. The first kappa shape index (κ1) is 9.21. The lowest BCUT2D eigenvalue weighted by Gasteiger charge is -1.97. The second kappa shape index (κ2) is 3.80. The number of carboxylic acid groups (broad SMARTS) is 1. The van der Waals surface area contributed by atoms with Crippen LogP contribution in [0.15, 0.2) is 30.3 Å². The highest BCUT2D eigenvalue weighted by atomic mass is 16.6. The first-order valence-corrected chi connectivity index (χ1v) is 4.69. The van der Waals surface area contributed by atoms with Gasteiger partial charge < -0.3 is 9.84 Å². The van der Waals surface area contributed by atoms with Crippen molar-refractivity contribution in [3.05, 3.63) is 35.9 Å². The van der Waals surface area contributed by atoms with Gasteiger partial charge in [0.05, 0.1) is 6.10 Å². The molecule has 2 atom stereocenters. The van der Waals surface area contributed by atoms with E-state index < -0.39 is 12.1 Å². The number of aliphatic carboxylic acids is 1. The zero-order valence-corrected chi connectivity index (χ0v) is 7.72. The average Bonchev–Trinajstić information content (AvgIpc) is 2.96. The Bertz CT molecular complexity index is 321. The Balaban J connectivity index is 1.77. The Morgan fingerprint density at radius 3 is 2.64 bits per heavy atom. The molecule has 1 saturated heterocycles. The van der Waals surface area contributed by atoms with Crippen LogP contribution in [0.2, 0.25) is 0 Å². The van der Waals surface area contributed by atoms with Crippen LogP contribution in [0.25, 0.3) is 0 Å². The standard InChI is InChI=1S/C11H12O3/c12-11(13)10-9(14-10)7-6-8-4-2-1-3-5-8/h1-5,9-10H,6-7H2,(H,12,13)/t9-,10+/m1/s1. The molecule has 14 heavy (non-hydrogen) atoms. The molecule has 0 spiro atoms. The molecule has 1 aromatic carbocycles. The zero-order chi connectivity index (χ0) is 9.97. The Morgan fingerprint density at radius 1 is 1.36 bits per heavy atom. The van der Waals surface area contributed by atoms with Crippen molar-refractivity contribution in [1.29, 1.82) is 0 Å². The van der Waals surface area contributed by atoms with Gasteiger partial charge in [-0.3, -0.25) is 0 Å². The highest BCUT2D eigenvalue weighted by molar-refractivity contribution is 5.75. The van der Waals surface area contributed by atoms with Crippen molar-refractivity contribution in [2.24, 2.45) is 0 Å². The minimum absolute atomic E-state index is 0.0762. The molecule has 0 unspecified atom stereocenters. The van der Waals surface area contributed by atoms with Crippen LogP contribution in [0.1, 0.15) is 12.0 Å². The van der Waals surface area contributed by atoms with Crippen LogP contribution < -0.4 is 0 Å². The summed E-state index contributed by atoms with van der Waals surface area (Å²) in [5.74, 6) is -0.844. The molecular weight excluding hydrogens is 180 g/mol. The van der Waals surface area contributed by atoms with Gasteiger partial charge in [-0.25, -0.2) is 4.79 Å². The molecule has 0 aromatic heterocycles. The molecule has 1 fully saturated rings. The van der Waals surface area contributed by atoms with Gasteiger partial charge >= 0.3 is 5.97 Å². The van der Waals surface area contributed by atoms with Gasteiger partial charge in [-0.15, -0.1) is 0 Å². The number of carboxylic acids is 1. The number of rotatable bonds is 4. The van der Waals surface area contributed by atoms with Crippen LogP contribution in [-0.2, 0) is 16.0 Å². The molecule has 0 bridgehead atoms. The molecule has 0 aliphatic carbocycles. The molecule has 3 nitrogen and oxygen atoms in total. The molecule has 1 aromatic rings. The Morgan fingerprint density at radius 2 is 2.07 bits per heavy atom. The quantitative estimate of drug-likeness (QED) is 0.735. The lowest BCUT2D eigenvalue weighted by molar-refractivity contribution is -0.138. The van der Waals surface area contributed by atoms with Crippen LogP contribution in [0.5, 0.6) is 0 Å². The average molecular weight is 192 g/mol. The minimum atomic E-state index is -0.844. The Kier molecular flexibility index (Phi) is 2.50. The summed E-state index contributed by atoms with van der Waals surface area (Å²) in [7, 11) is 0. The van der Waals surface area contributed by atoms with E-state index in [-0.39, 0.29) is 6.10 Å². The number of benzene rings is 1.